The van der Waals surface area contributed by atoms with Crippen molar-refractivity contribution in [3.05, 3.63) is 119 Å². The smallest absolute Gasteiger partial charge is 0.355 e. The number of fused-ring (bicyclic) bond motifs is 3. The molecule has 0 spiro atoms. The fraction of sp³-hybridized carbons (Fsp3) is 0.340. The highest BCUT2D eigenvalue weighted by atomic mass is 32.1. The van der Waals surface area contributed by atoms with E-state index in [4.69, 9.17) is 4.74 Å². The molecule has 10 rings (SSSR count). The van der Waals surface area contributed by atoms with Crippen LogP contribution in [0.15, 0.2) is 85.1 Å². The number of imide groups is 1. The lowest BCUT2D eigenvalue weighted by atomic mass is 9.88. The van der Waals surface area contributed by atoms with Crippen LogP contribution < -0.4 is 25.6 Å². The molecule has 4 amide bonds. The highest BCUT2D eigenvalue weighted by Crippen LogP contribution is 2.35. The van der Waals surface area contributed by atoms with Crippen LogP contribution in [0, 0.1) is 12.8 Å². The van der Waals surface area contributed by atoms with E-state index >= 15 is 0 Å². The molecule has 2 fully saturated rings. The van der Waals surface area contributed by atoms with Crippen LogP contribution in [0.2, 0.25) is 0 Å². The zero-order chi connectivity index (χ0) is 49.3. The zero-order valence-corrected chi connectivity index (χ0v) is 40.6. The van der Waals surface area contributed by atoms with E-state index in [1.165, 1.54) is 11.3 Å². The normalized spacial score (nSPS) is 18.3. The van der Waals surface area contributed by atoms with E-state index in [2.05, 4.69) is 47.8 Å². The molecule has 3 atom stereocenters. The first-order chi connectivity index (χ1) is 34.3. The van der Waals surface area contributed by atoms with Crippen LogP contribution in [0.4, 0.5) is 16.6 Å². The average molecular weight is 975 g/mol. The van der Waals surface area contributed by atoms with Crippen molar-refractivity contribution in [2.45, 2.75) is 77.3 Å². The lowest BCUT2D eigenvalue weighted by Crippen LogP contribution is -2.44. The third kappa shape index (κ3) is 10.1. The van der Waals surface area contributed by atoms with E-state index in [0.717, 1.165) is 75.6 Å². The fourth-order valence-corrected chi connectivity index (χ4v) is 11.2. The maximum Gasteiger partial charge on any atom is 0.355 e. The van der Waals surface area contributed by atoms with Gasteiger partial charge >= 0.3 is 5.97 Å². The number of pyridine rings is 2. The second-order valence-corrected chi connectivity index (χ2v) is 19.8. The number of carboxylic acid groups (broad SMARTS) is 1. The monoisotopic (exact) mass is 974 g/mol. The van der Waals surface area contributed by atoms with Crippen molar-refractivity contribution in [3.63, 3.8) is 0 Å². The van der Waals surface area contributed by atoms with Gasteiger partial charge in [-0.15, -0.1) is 0 Å². The fourth-order valence-electron chi connectivity index (χ4n) is 10.3. The van der Waals surface area contributed by atoms with E-state index in [0.29, 0.717) is 77.8 Å². The summed E-state index contributed by atoms with van der Waals surface area (Å²) in [5.74, 6) is -0.940. The van der Waals surface area contributed by atoms with Crippen molar-refractivity contribution in [1.29, 1.82) is 0 Å². The lowest BCUT2D eigenvalue weighted by Gasteiger charge is -2.37. The molecule has 4 aromatic heterocycles. The van der Waals surface area contributed by atoms with Gasteiger partial charge in [0.1, 0.15) is 17.3 Å². The molecule has 0 radical (unpaired) electrons. The molecule has 71 heavy (non-hydrogen) atoms. The Labute approximate surface area is 413 Å². The standard InChI is InChI=1S/C53H54N10O7S/c1-30-25-35(70-24-6-7-32-19-22-62(31(2)26-32)29-46(65)55-34-10-12-38-42(27-34)61(3)60-47(38)39-15-17-45(64)58-50(39)66)11-13-36(30)37-14-16-44(57-49(37)52(68)69)63-23-20-33-18-21-54-48(40(33)28-63)51(67)59-53-56-41-8-4-5-9-43(41)71-53/h4-5,8-14,16,18,21,25,27,31-32,39H,6-7,15,17,19-20,22-24,26,28-29H2,1-3H3,(H,55,65)(H,68,69)(H,56,59,67)(H,58,64,66). The molecule has 364 valence electrons. The number of rotatable bonds is 14. The molecule has 3 unspecified atom stereocenters. The van der Waals surface area contributed by atoms with Crippen molar-refractivity contribution in [2.24, 2.45) is 13.0 Å². The Morgan fingerprint density at radius 1 is 0.930 bits per heavy atom. The predicted octanol–water partition coefficient (Wildman–Crippen LogP) is 7.88. The van der Waals surface area contributed by atoms with Gasteiger partial charge in [-0.25, -0.2) is 14.8 Å². The van der Waals surface area contributed by atoms with E-state index in [9.17, 15) is 29.1 Å². The largest absolute Gasteiger partial charge is 0.494 e. The minimum atomic E-state index is -1.14. The van der Waals surface area contributed by atoms with Gasteiger partial charge in [0, 0.05) is 61.0 Å². The van der Waals surface area contributed by atoms with E-state index in [-0.39, 0.29) is 48.3 Å². The van der Waals surface area contributed by atoms with Crippen LogP contribution in [-0.4, -0.2) is 96.6 Å². The predicted molar refractivity (Wildman–Crippen MR) is 271 cm³/mol. The number of aromatic nitrogens is 5. The first-order valence-corrected chi connectivity index (χ1v) is 24.9. The number of nitrogens with one attached hydrogen (secondary N) is 3. The number of hydrogen-bond donors (Lipinski definition) is 4. The molecule has 3 aliphatic heterocycles. The summed E-state index contributed by atoms with van der Waals surface area (Å²) in [6.07, 6.45) is 6.82. The quantitative estimate of drug-likeness (QED) is 0.0604. The van der Waals surface area contributed by atoms with Crippen molar-refractivity contribution < 1.29 is 33.8 Å². The Bertz CT molecular complexity index is 3210. The van der Waals surface area contributed by atoms with Crippen molar-refractivity contribution >= 4 is 78.7 Å². The molecule has 2 saturated heterocycles. The first kappa shape index (κ1) is 47.1. The van der Waals surface area contributed by atoms with Crippen LogP contribution in [0.3, 0.4) is 0 Å². The number of carbonyl (C=O) groups is 5. The van der Waals surface area contributed by atoms with Gasteiger partial charge in [0.25, 0.3) is 5.91 Å². The second kappa shape index (κ2) is 20.0. The number of benzene rings is 3. The molecule has 7 aromatic rings. The lowest BCUT2D eigenvalue weighted by molar-refractivity contribution is -0.134. The van der Waals surface area contributed by atoms with Gasteiger partial charge in [0.15, 0.2) is 10.8 Å². The SMILES string of the molecule is Cc1cc(OCCCC2CCN(CC(=O)Nc3ccc4c(C5CCC(=O)NC5=O)nn(C)c4c3)C(C)C2)ccc1-c1ccc(N2CCc3ccnc(C(=O)Nc4nc5ccccc5s4)c3C2)nc1C(=O)O. The maximum absolute atomic E-state index is 13.5. The van der Waals surface area contributed by atoms with E-state index in [1.54, 1.807) is 24.0 Å². The number of aromatic carboxylic acids is 1. The molecule has 17 nitrogen and oxygen atoms in total. The van der Waals surface area contributed by atoms with Gasteiger partial charge in [-0.3, -0.25) is 44.4 Å². The summed E-state index contributed by atoms with van der Waals surface area (Å²) >= 11 is 1.40. The van der Waals surface area contributed by atoms with Crippen molar-refractivity contribution in [2.75, 3.05) is 41.8 Å². The van der Waals surface area contributed by atoms with Crippen LogP contribution >= 0.6 is 11.3 Å². The summed E-state index contributed by atoms with van der Waals surface area (Å²) in [7, 11) is 1.81. The molecule has 0 saturated carbocycles. The Hall–Kier alpha value is -7.57. The Morgan fingerprint density at radius 3 is 2.58 bits per heavy atom. The number of thiazole rings is 1. The molecule has 3 aromatic carbocycles. The Kier molecular flexibility index (Phi) is 13.3. The number of para-hydroxylation sites is 1. The topological polar surface area (TPSA) is 214 Å². The number of carboxylic acids is 1. The maximum atomic E-state index is 13.5. The number of ether oxygens (including phenoxy) is 1. The number of aryl methyl sites for hydroxylation is 2. The molecule has 18 heteroatoms. The first-order valence-electron chi connectivity index (χ1n) is 24.1. The second-order valence-electron chi connectivity index (χ2n) is 18.8. The summed E-state index contributed by atoms with van der Waals surface area (Å²) in [5, 5.41) is 24.7. The summed E-state index contributed by atoms with van der Waals surface area (Å²) in [4.78, 5) is 81.6. The van der Waals surface area contributed by atoms with Gasteiger partial charge in [0.05, 0.1) is 40.5 Å². The zero-order valence-electron chi connectivity index (χ0n) is 39.7. The summed E-state index contributed by atoms with van der Waals surface area (Å²) in [5.41, 5.74) is 7.04. The summed E-state index contributed by atoms with van der Waals surface area (Å²) in [6, 6.07) is 24.8. The summed E-state index contributed by atoms with van der Waals surface area (Å²) < 4.78 is 8.88. The van der Waals surface area contributed by atoms with Crippen LogP contribution in [0.1, 0.15) is 94.7 Å². The third-order valence-electron chi connectivity index (χ3n) is 14.0. The summed E-state index contributed by atoms with van der Waals surface area (Å²) in [6.45, 7) is 6.69. The number of amides is 4. The highest BCUT2D eigenvalue weighted by Gasteiger charge is 2.32. The molecule has 4 N–H and O–H groups in total. The highest BCUT2D eigenvalue weighted by molar-refractivity contribution is 7.22. The van der Waals surface area contributed by atoms with Gasteiger partial charge in [-0.1, -0.05) is 29.5 Å². The number of likely N-dealkylation sites (tertiary alicyclic amines) is 1. The van der Waals surface area contributed by atoms with Gasteiger partial charge in [-0.05, 0) is 142 Å². The number of hydrogen-bond acceptors (Lipinski definition) is 13. The van der Waals surface area contributed by atoms with E-state index < -0.39 is 11.9 Å². The van der Waals surface area contributed by atoms with Crippen LogP contribution in [0.5, 0.6) is 5.75 Å². The van der Waals surface area contributed by atoms with Crippen molar-refractivity contribution in [1.82, 2.24) is 34.9 Å². The van der Waals surface area contributed by atoms with Gasteiger partial charge < -0.3 is 20.1 Å². The Morgan fingerprint density at radius 2 is 1.77 bits per heavy atom. The van der Waals surface area contributed by atoms with Crippen molar-refractivity contribution in [3.8, 4) is 16.9 Å². The Balaban J connectivity index is 0.701. The number of carbonyl (C=O) groups excluding carboxylic acids is 4. The third-order valence-corrected chi connectivity index (χ3v) is 15.0. The minimum Gasteiger partial charge on any atom is -0.494 e. The molecule has 7 heterocycles. The van der Waals surface area contributed by atoms with Gasteiger partial charge in [0.2, 0.25) is 17.7 Å². The number of piperidine rings is 2. The number of anilines is 3. The van der Waals surface area contributed by atoms with Gasteiger partial charge in [-0.2, -0.15) is 5.10 Å². The molecular weight excluding hydrogens is 921 g/mol. The molecule has 3 aliphatic rings. The average Bonchev–Trinajstić information content (AvgIpc) is 3.92. The number of nitrogens with zero attached hydrogens (tertiary/aromatic N) is 7. The van der Waals surface area contributed by atoms with Crippen LogP contribution in [0.25, 0.3) is 32.2 Å². The molecule has 0 bridgehead atoms. The minimum absolute atomic E-state index is 0.0583. The van der Waals surface area contributed by atoms with Crippen LogP contribution in [-0.2, 0) is 34.4 Å². The molecular formula is C53H54N10O7S. The van der Waals surface area contributed by atoms with E-state index in [1.807, 2.05) is 84.6 Å². The molecule has 0 aliphatic carbocycles.